The molecule has 1 aliphatic rings. The maximum Gasteiger partial charge on any atom is 0.309 e. The topological polar surface area (TPSA) is 26.3 Å². The molecule has 0 aromatic heterocycles. The first kappa shape index (κ1) is 13.5. The summed E-state index contributed by atoms with van der Waals surface area (Å²) in [4.78, 5) is 11.7. The van der Waals surface area contributed by atoms with Crippen molar-refractivity contribution >= 4 is 5.97 Å². The van der Waals surface area contributed by atoms with Crippen LogP contribution < -0.4 is 0 Å². The zero-order valence-electron chi connectivity index (χ0n) is 11.2. The van der Waals surface area contributed by atoms with Crippen molar-refractivity contribution in [3.8, 4) is 0 Å². The highest BCUT2D eigenvalue weighted by molar-refractivity contribution is 5.76. The van der Waals surface area contributed by atoms with Gasteiger partial charge < -0.3 is 4.74 Å². The van der Waals surface area contributed by atoms with E-state index in [2.05, 4.69) is 20.8 Å². The molecule has 0 saturated heterocycles. The van der Waals surface area contributed by atoms with Gasteiger partial charge in [-0.25, -0.2) is 0 Å². The van der Waals surface area contributed by atoms with Crippen LogP contribution in [0, 0.1) is 11.3 Å². The van der Waals surface area contributed by atoms with E-state index >= 15 is 0 Å². The highest BCUT2D eigenvalue weighted by atomic mass is 16.5. The minimum atomic E-state index is 0.0213. The van der Waals surface area contributed by atoms with Crippen molar-refractivity contribution in [2.24, 2.45) is 11.3 Å². The van der Waals surface area contributed by atoms with Crippen molar-refractivity contribution in [1.29, 1.82) is 0 Å². The lowest BCUT2D eigenvalue weighted by Gasteiger charge is -2.13. The highest BCUT2D eigenvalue weighted by Crippen LogP contribution is 2.52. The van der Waals surface area contributed by atoms with Crippen LogP contribution in [0.2, 0.25) is 0 Å². The molecule has 0 spiro atoms. The van der Waals surface area contributed by atoms with Crippen LogP contribution in [-0.4, -0.2) is 12.1 Å². The number of carbonyl (C=O) groups is 1. The van der Waals surface area contributed by atoms with Crippen LogP contribution in [0.4, 0.5) is 0 Å². The molecular formula is C14H26O2. The van der Waals surface area contributed by atoms with E-state index in [4.69, 9.17) is 4.74 Å². The zero-order chi connectivity index (χ0) is 12.2. The predicted molar refractivity (Wildman–Crippen MR) is 66.2 cm³/mol. The van der Waals surface area contributed by atoms with E-state index in [0.29, 0.717) is 0 Å². The van der Waals surface area contributed by atoms with E-state index < -0.39 is 0 Å². The first-order valence-corrected chi connectivity index (χ1v) is 6.68. The van der Waals surface area contributed by atoms with Crippen LogP contribution in [0.1, 0.15) is 66.2 Å². The monoisotopic (exact) mass is 226 g/mol. The summed E-state index contributed by atoms with van der Waals surface area (Å²) in [6.07, 6.45) is 7.08. The molecule has 1 fully saturated rings. The van der Waals surface area contributed by atoms with Crippen LogP contribution in [0.25, 0.3) is 0 Å². The molecule has 2 heteroatoms. The molecule has 0 unspecified atom stereocenters. The van der Waals surface area contributed by atoms with Crippen molar-refractivity contribution in [1.82, 2.24) is 0 Å². The van der Waals surface area contributed by atoms with E-state index in [0.717, 1.165) is 12.8 Å². The Labute approximate surface area is 99.8 Å². The van der Waals surface area contributed by atoms with Crippen molar-refractivity contribution in [2.75, 3.05) is 0 Å². The van der Waals surface area contributed by atoms with Gasteiger partial charge in [-0.1, -0.05) is 40.0 Å². The van der Waals surface area contributed by atoms with Gasteiger partial charge in [0.05, 0.1) is 12.0 Å². The number of ether oxygens (including phenoxy) is 1. The average molecular weight is 226 g/mol. The van der Waals surface area contributed by atoms with Gasteiger partial charge in [0.15, 0.2) is 0 Å². The third kappa shape index (κ3) is 4.15. The maximum atomic E-state index is 11.7. The number of hydrogen-bond acceptors (Lipinski definition) is 2. The molecule has 16 heavy (non-hydrogen) atoms. The first-order chi connectivity index (χ1) is 7.47. The Morgan fingerprint density at radius 1 is 1.38 bits per heavy atom. The van der Waals surface area contributed by atoms with Crippen molar-refractivity contribution in [3.63, 3.8) is 0 Å². The fourth-order valence-corrected chi connectivity index (χ4v) is 2.07. The number of carbonyl (C=O) groups excluding carboxylic acids is 1. The van der Waals surface area contributed by atoms with Gasteiger partial charge in [0.2, 0.25) is 0 Å². The van der Waals surface area contributed by atoms with E-state index in [1.807, 2.05) is 6.92 Å². The SMILES string of the molecule is CCCCCC[C@@H](C)OC(=O)[C@@H]1CC1(C)C. The second kappa shape index (κ2) is 5.70. The number of rotatable bonds is 7. The molecule has 0 aromatic rings. The third-order valence-corrected chi connectivity index (χ3v) is 3.58. The van der Waals surface area contributed by atoms with Gasteiger partial charge in [-0.3, -0.25) is 4.79 Å². The maximum absolute atomic E-state index is 11.7. The van der Waals surface area contributed by atoms with Crippen LogP contribution in [0.3, 0.4) is 0 Å². The second-order valence-corrected chi connectivity index (χ2v) is 5.84. The molecule has 0 aliphatic heterocycles. The first-order valence-electron chi connectivity index (χ1n) is 6.68. The average Bonchev–Trinajstić information content (AvgIpc) is 2.83. The molecule has 2 atom stereocenters. The van der Waals surface area contributed by atoms with Gasteiger partial charge in [0.25, 0.3) is 0 Å². The fourth-order valence-electron chi connectivity index (χ4n) is 2.07. The van der Waals surface area contributed by atoms with Crippen molar-refractivity contribution in [3.05, 3.63) is 0 Å². The van der Waals surface area contributed by atoms with Crippen LogP contribution >= 0.6 is 0 Å². The zero-order valence-corrected chi connectivity index (χ0v) is 11.2. The summed E-state index contributed by atoms with van der Waals surface area (Å²) >= 11 is 0. The summed E-state index contributed by atoms with van der Waals surface area (Å²) in [6, 6.07) is 0. The van der Waals surface area contributed by atoms with Crippen LogP contribution in [0.5, 0.6) is 0 Å². The van der Waals surface area contributed by atoms with E-state index in [1.54, 1.807) is 0 Å². The summed E-state index contributed by atoms with van der Waals surface area (Å²) in [6.45, 7) is 8.48. The Kier molecular flexibility index (Phi) is 4.82. The van der Waals surface area contributed by atoms with E-state index in [1.165, 1.54) is 25.7 Å². The van der Waals surface area contributed by atoms with Crippen LogP contribution in [0.15, 0.2) is 0 Å². The molecule has 0 amide bonds. The van der Waals surface area contributed by atoms with Crippen LogP contribution in [-0.2, 0) is 9.53 Å². The minimum Gasteiger partial charge on any atom is -0.462 e. The standard InChI is InChI=1S/C14H26O2/c1-5-6-7-8-9-11(2)16-13(15)12-10-14(12,3)4/h11-12H,5-10H2,1-4H3/t11-,12+/m1/s1. The molecule has 0 heterocycles. The Morgan fingerprint density at radius 2 is 2.00 bits per heavy atom. The Bertz CT molecular complexity index is 233. The molecule has 0 radical (unpaired) electrons. The molecule has 0 bridgehead atoms. The molecule has 1 saturated carbocycles. The van der Waals surface area contributed by atoms with Crippen molar-refractivity contribution < 1.29 is 9.53 Å². The highest BCUT2D eigenvalue weighted by Gasteiger charge is 2.51. The largest absolute Gasteiger partial charge is 0.462 e. The molecule has 94 valence electrons. The Hall–Kier alpha value is -0.530. The number of esters is 1. The molecule has 1 rings (SSSR count). The summed E-state index contributed by atoms with van der Waals surface area (Å²) in [5, 5.41) is 0. The Morgan fingerprint density at radius 3 is 2.50 bits per heavy atom. The van der Waals surface area contributed by atoms with Gasteiger partial charge in [-0.05, 0) is 31.6 Å². The van der Waals surface area contributed by atoms with Crippen molar-refractivity contribution in [2.45, 2.75) is 72.3 Å². The molecule has 2 nitrogen and oxygen atoms in total. The van der Waals surface area contributed by atoms with Gasteiger partial charge in [0, 0.05) is 0 Å². The molecule has 0 N–H and O–H groups in total. The number of hydrogen-bond donors (Lipinski definition) is 0. The number of unbranched alkanes of at least 4 members (excludes halogenated alkanes) is 3. The summed E-state index contributed by atoms with van der Waals surface area (Å²) in [5.41, 5.74) is 0.193. The third-order valence-electron chi connectivity index (χ3n) is 3.58. The second-order valence-electron chi connectivity index (χ2n) is 5.84. The minimum absolute atomic E-state index is 0.0213. The molecule has 1 aliphatic carbocycles. The normalized spacial score (nSPS) is 23.9. The summed E-state index contributed by atoms with van der Waals surface area (Å²) in [5.74, 6) is 0.179. The lowest BCUT2D eigenvalue weighted by atomic mass is 10.1. The van der Waals surface area contributed by atoms with Gasteiger partial charge in [-0.15, -0.1) is 0 Å². The summed E-state index contributed by atoms with van der Waals surface area (Å²) < 4.78 is 5.45. The lowest BCUT2D eigenvalue weighted by Crippen LogP contribution is -2.18. The summed E-state index contributed by atoms with van der Waals surface area (Å²) in [7, 11) is 0. The molecular weight excluding hydrogens is 200 g/mol. The fraction of sp³-hybridized carbons (Fsp3) is 0.929. The van der Waals surface area contributed by atoms with Gasteiger partial charge >= 0.3 is 5.97 Å². The van der Waals surface area contributed by atoms with Gasteiger partial charge in [0.1, 0.15) is 0 Å². The Balaban J connectivity index is 2.10. The van der Waals surface area contributed by atoms with E-state index in [9.17, 15) is 4.79 Å². The predicted octanol–water partition coefficient (Wildman–Crippen LogP) is 3.93. The smallest absolute Gasteiger partial charge is 0.309 e. The quantitative estimate of drug-likeness (QED) is 0.485. The lowest BCUT2D eigenvalue weighted by molar-refractivity contribution is -0.151. The van der Waals surface area contributed by atoms with Gasteiger partial charge in [-0.2, -0.15) is 0 Å². The van der Waals surface area contributed by atoms with E-state index in [-0.39, 0.29) is 23.4 Å². The molecule has 0 aromatic carbocycles.